The second-order valence-corrected chi connectivity index (χ2v) is 12.5. The number of cyclic esters (lactones) is 1. The molecule has 0 spiro atoms. The number of esters is 1. The highest BCUT2D eigenvalue weighted by Gasteiger charge is 2.50. The van der Waals surface area contributed by atoms with Gasteiger partial charge in [0.2, 0.25) is 0 Å². The molecule has 1 aliphatic rings. The highest BCUT2D eigenvalue weighted by molar-refractivity contribution is 6.99. The van der Waals surface area contributed by atoms with Crippen molar-refractivity contribution in [2.75, 3.05) is 6.61 Å². The second-order valence-electron chi connectivity index (χ2n) is 8.17. The van der Waals surface area contributed by atoms with Gasteiger partial charge in [0.15, 0.2) is 0 Å². The number of hydrogen-bond acceptors (Lipinski definition) is 3. The Labute approximate surface area is 157 Å². The standard InChI is InChI=1S/C22H28O3Si/c1-17-15-18(25-21(17)23)16-24-26(22(2,3)4,19-11-7-5-8-12-19)20-13-9-6-10-14-20/h5-14,17-18H,15-16H2,1-4H3/t17-,18+/m0/s1. The van der Waals surface area contributed by atoms with Gasteiger partial charge >= 0.3 is 5.97 Å². The van der Waals surface area contributed by atoms with Gasteiger partial charge in [0.05, 0.1) is 12.5 Å². The lowest BCUT2D eigenvalue weighted by atomic mass is 10.1. The summed E-state index contributed by atoms with van der Waals surface area (Å²) in [7, 11) is -2.55. The van der Waals surface area contributed by atoms with Crippen molar-refractivity contribution in [3.05, 3.63) is 60.7 Å². The Balaban J connectivity index is 2.02. The first kappa shape index (κ1) is 18.9. The summed E-state index contributed by atoms with van der Waals surface area (Å²) in [6, 6.07) is 21.1. The molecule has 1 heterocycles. The SMILES string of the molecule is C[C@H]1C[C@H](CO[Si](c2ccccc2)(c2ccccc2)C(C)(C)C)OC1=O. The molecule has 3 rings (SSSR count). The van der Waals surface area contributed by atoms with Crippen LogP contribution < -0.4 is 10.4 Å². The van der Waals surface area contributed by atoms with E-state index >= 15 is 0 Å². The van der Waals surface area contributed by atoms with E-state index in [9.17, 15) is 4.79 Å². The largest absolute Gasteiger partial charge is 0.460 e. The molecule has 0 unspecified atom stereocenters. The number of rotatable bonds is 5. The van der Waals surface area contributed by atoms with Gasteiger partial charge in [-0.25, -0.2) is 0 Å². The van der Waals surface area contributed by atoms with Crippen molar-refractivity contribution in [2.24, 2.45) is 5.92 Å². The summed E-state index contributed by atoms with van der Waals surface area (Å²) in [6.45, 7) is 9.13. The molecule has 1 aliphatic heterocycles. The van der Waals surface area contributed by atoms with Crippen LogP contribution in [0.4, 0.5) is 0 Å². The van der Waals surface area contributed by atoms with E-state index in [-0.39, 0.29) is 23.0 Å². The zero-order valence-electron chi connectivity index (χ0n) is 16.1. The van der Waals surface area contributed by atoms with Crippen LogP contribution in [0.25, 0.3) is 0 Å². The Hall–Kier alpha value is -1.91. The maximum absolute atomic E-state index is 11.8. The molecule has 3 nitrogen and oxygen atoms in total. The van der Waals surface area contributed by atoms with E-state index in [2.05, 4.69) is 69.3 Å². The van der Waals surface area contributed by atoms with Gasteiger partial charge in [-0.1, -0.05) is 88.4 Å². The van der Waals surface area contributed by atoms with E-state index in [1.165, 1.54) is 10.4 Å². The molecule has 0 bridgehead atoms. The lowest BCUT2D eigenvalue weighted by Gasteiger charge is -2.43. The van der Waals surface area contributed by atoms with Crippen LogP contribution in [0.15, 0.2) is 60.7 Å². The minimum Gasteiger partial charge on any atom is -0.460 e. The molecule has 2 atom stereocenters. The van der Waals surface area contributed by atoms with Crippen molar-refractivity contribution < 1.29 is 14.0 Å². The minimum absolute atomic E-state index is 0.0391. The van der Waals surface area contributed by atoms with Crippen LogP contribution in [0.2, 0.25) is 5.04 Å². The average molecular weight is 369 g/mol. The molecule has 0 aromatic heterocycles. The number of carbonyl (C=O) groups is 1. The van der Waals surface area contributed by atoms with E-state index < -0.39 is 8.32 Å². The molecule has 26 heavy (non-hydrogen) atoms. The van der Waals surface area contributed by atoms with Crippen LogP contribution in [0.5, 0.6) is 0 Å². The molecule has 138 valence electrons. The number of benzene rings is 2. The van der Waals surface area contributed by atoms with E-state index in [0.29, 0.717) is 6.61 Å². The molecule has 0 aliphatic carbocycles. The molecular weight excluding hydrogens is 340 g/mol. The molecule has 2 aromatic rings. The summed E-state index contributed by atoms with van der Waals surface area (Å²) < 4.78 is 12.3. The van der Waals surface area contributed by atoms with Crippen molar-refractivity contribution >= 4 is 24.7 Å². The lowest BCUT2D eigenvalue weighted by molar-refractivity contribution is -0.144. The fourth-order valence-corrected chi connectivity index (χ4v) is 8.49. The van der Waals surface area contributed by atoms with Gasteiger partial charge in [-0.15, -0.1) is 0 Å². The van der Waals surface area contributed by atoms with Crippen molar-refractivity contribution in [1.29, 1.82) is 0 Å². The molecule has 0 radical (unpaired) electrons. The molecule has 0 N–H and O–H groups in total. The van der Waals surface area contributed by atoms with Gasteiger partial charge in [-0.05, 0) is 21.8 Å². The summed E-state index contributed by atoms with van der Waals surface area (Å²) in [5.41, 5.74) is 0. The van der Waals surface area contributed by atoms with Crippen molar-refractivity contribution in [3.8, 4) is 0 Å². The smallest absolute Gasteiger partial charge is 0.309 e. The van der Waals surface area contributed by atoms with Crippen LogP contribution in [0.3, 0.4) is 0 Å². The van der Waals surface area contributed by atoms with Crippen LogP contribution in [-0.2, 0) is 14.0 Å². The van der Waals surface area contributed by atoms with Crippen molar-refractivity contribution in [3.63, 3.8) is 0 Å². The predicted octanol–water partition coefficient (Wildman–Crippen LogP) is 3.51. The Kier molecular flexibility index (Phi) is 5.35. The molecule has 4 heteroatoms. The average Bonchev–Trinajstić information content (AvgIpc) is 2.94. The summed E-state index contributed by atoms with van der Waals surface area (Å²) in [6.07, 6.45) is 0.580. The summed E-state index contributed by atoms with van der Waals surface area (Å²) >= 11 is 0. The summed E-state index contributed by atoms with van der Waals surface area (Å²) in [4.78, 5) is 11.8. The Morgan fingerprint density at radius 3 is 1.88 bits per heavy atom. The third kappa shape index (κ3) is 3.48. The topological polar surface area (TPSA) is 35.5 Å². The number of carbonyl (C=O) groups excluding carboxylic acids is 1. The molecule has 1 fully saturated rings. The van der Waals surface area contributed by atoms with E-state index in [1.807, 2.05) is 19.1 Å². The highest BCUT2D eigenvalue weighted by Crippen LogP contribution is 2.37. The fourth-order valence-electron chi connectivity index (χ4n) is 3.90. The fraction of sp³-hybridized carbons (Fsp3) is 0.409. The van der Waals surface area contributed by atoms with Gasteiger partial charge in [0.1, 0.15) is 6.10 Å². The van der Waals surface area contributed by atoms with E-state index in [0.717, 1.165) is 6.42 Å². The third-order valence-electron chi connectivity index (χ3n) is 5.20. The number of ether oxygens (including phenoxy) is 1. The maximum atomic E-state index is 11.8. The first-order valence-corrected chi connectivity index (χ1v) is 11.2. The third-order valence-corrected chi connectivity index (χ3v) is 10.2. The van der Waals surface area contributed by atoms with Crippen LogP contribution in [0, 0.1) is 5.92 Å². The first-order valence-electron chi connectivity index (χ1n) is 9.30. The Morgan fingerprint density at radius 2 is 1.50 bits per heavy atom. The van der Waals surface area contributed by atoms with E-state index in [1.54, 1.807) is 0 Å². The van der Waals surface area contributed by atoms with Gasteiger partial charge in [0, 0.05) is 0 Å². The normalized spacial score (nSPS) is 20.8. The number of hydrogen-bond donors (Lipinski definition) is 0. The molecular formula is C22H28O3Si. The molecule has 0 amide bonds. The highest BCUT2D eigenvalue weighted by atomic mass is 28.4. The van der Waals surface area contributed by atoms with E-state index in [4.69, 9.17) is 9.16 Å². The second kappa shape index (κ2) is 7.37. The molecule has 1 saturated heterocycles. The lowest BCUT2D eigenvalue weighted by Crippen LogP contribution is -2.67. The zero-order chi connectivity index (χ0) is 18.8. The van der Waals surface area contributed by atoms with Gasteiger partial charge in [-0.3, -0.25) is 4.79 Å². The zero-order valence-corrected chi connectivity index (χ0v) is 17.1. The quantitative estimate of drug-likeness (QED) is 0.598. The molecule has 2 aromatic carbocycles. The van der Waals surface area contributed by atoms with Crippen LogP contribution >= 0.6 is 0 Å². The van der Waals surface area contributed by atoms with Gasteiger partial charge < -0.3 is 9.16 Å². The summed E-state index contributed by atoms with van der Waals surface area (Å²) in [5, 5.41) is 2.43. The monoisotopic (exact) mass is 368 g/mol. The minimum atomic E-state index is -2.55. The van der Waals surface area contributed by atoms with Crippen LogP contribution in [-0.4, -0.2) is 27.0 Å². The van der Waals surface area contributed by atoms with Crippen molar-refractivity contribution in [1.82, 2.24) is 0 Å². The Morgan fingerprint density at radius 1 is 1.00 bits per heavy atom. The predicted molar refractivity (Wildman–Crippen MR) is 107 cm³/mol. The summed E-state index contributed by atoms with van der Waals surface area (Å²) in [5.74, 6) is -0.149. The Bertz CT molecular complexity index is 697. The van der Waals surface area contributed by atoms with Gasteiger partial charge in [-0.2, -0.15) is 0 Å². The van der Waals surface area contributed by atoms with Crippen LogP contribution in [0.1, 0.15) is 34.1 Å². The first-order chi connectivity index (χ1) is 12.3. The molecule has 0 saturated carbocycles. The van der Waals surface area contributed by atoms with Crippen molar-refractivity contribution in [2.45, 2.75) is 45.3 Å². The maximum Gasteiger partial charge on any atom is 0.309 e. The van der Waals surface area contributed by atoms with Gasteiger partial charge in [0.25, 0.3) is 8.32 Å².